The largest absolute Gasteiger partial charge is 0.361 e. The SMILES string of the molecule is O=C(NCCc1c[nH]c2cc(F)c(Cl)cc12)C1CCc2cccnc21. The van der Waals surface area contributed by atoms with Gasteiger partial charge in [-0.25, -0.2) is 4.39 Å². The Kier molecular flexibility index (Phi) is 4.17. The molecule has 2 aromatic heterocycles. The second-order valence-electron chi connectivity index (χ2n) is 6.31. The van der Waals surface area contributed by atoms with Gasteiger partial charge in [0, 0.05) is 29.8 Å². The number of aromatic nitrogens is 2. The summed E-state index contributed by atoms with van der Waals surface area (Å²) in [5, 5.41) is 3.98. The normalized spacial score (nSPS) is 16.2. The molecule has 1 aliphatic carbocycles. The van der Waals surface area contributed by atoms with Crippen molar-refractivity contribution in [1.82, 2.24) is 15.3 Å². The zero-order chi connectivity index (χ0) is 17.4. The lowest BCUT2D eigenvalue weighted by molar-refractivity contribution is -0.122. The van der Waals surface area contributed by atoms with E-state index in [0.29, 0.717) is 18.5 Å². The van der Waals surface area contributed by atoms with Gasteiger partial charge in [-0.15, -0.1) is 0 Å². The standard InChI is InChI=1S/C19H17ClFN3O/c20-15-8-14-12(10-24-17(14)9-16(15)21)5-7-23-19(25)13-4-3-11-2-1-6-22-18(11)13/h1-2,6,8-10,13,24H,3-5,7H2,(H,23,25). The molecule has 128 valence electrons. The second-order valence-corrected chi connectivity index (χ2v) is 6.71. The highest BCUT2D eigenvalue weighted by Crippen LogP contribution is 2.31. The highest BCUT2D eigenvalue weighted by Gasteiger charge is 2.29. The monoisotopic (exact) mass is 357 g/mol. The Labute approximate surface area is 149 Å². The predicted octanol–water partition coefficient (Wildman–Crippen LogP) is 3.74. The van der Waals surface area contributed by atoms with Gasteiger partial charge >= 0.3 is 0 Å². The first kappa shape index (κ1) is 16.1. The average Bonchev–Trinajstić information content (AvgIpc) is 3.20. The minimum absolute atomic E-state index is 0.0152. The molecule has 1 atom stereocenters. The van der Waals surface area contributed by atoms with Crippen LogP contribution in [0.4, 0.5) is 4.39 Å². The van der Waals surface area contributed by atoms with Crippen LogP contribution in [0.3, 0.4) is 0 Å². The van der Waals surface area contributed by atoms with Crippen LogP contribution in [0.2, 0.25) is 5.02 Å². The molecule has 1 aromatic carbocycles. The summed E-state index contributed by atoms with van der Waals surface area (Å²) in [7, 11) is 0. The van der Waals surface area contributed by atoms with Gasteiger partial charge in [-0.1, -0.05) is 17.7 Å². The second kappa shape index (κ2) is 6.48. The molecule has 0 saturated carbocycles. The van der Waals surface area contributed by atoms with E-state index >= 15 is 0 Å². The molecule has 0 aliphatic heterocycles. The maximum atomic E-state index is 13.5. The topological polar surface area (TPSA) is 57.8 Å². The third kappa shape index (κ3) is 3.00. The Balaban J connectivity index is 1.42. The van der Waals surface area contributed by atoms with Crippen LogP contribution in [-0.4, -0.2) is 22.4 Å². The predicted molar refractivity (Wildman–Crippen MR) is 95.3 cm³/mol. The number of carbonyl (C=O) groups is 1. The van der Waals surface area contributed by atoms with Crippen LogP contribution in [0.25, 0.3) is 10.9 Å². The van der Waals surface area contributed by atoms with Crippen LogP contribution < -0.4 is 5.32 Å². The first-order valence-corrected chi connectivity index (χ1v) is 8.68. The molecule has 6 heteroatoms. The minimum Gasteiger partial charge on any atom is -0.361 e. The number of H-pyrrole nitrogens is 1. The number of rotatable bonds is 4. The molecular formula is C19H17ClFN3O. The molecule has 2 N–H and O–H groups in total. The van der Waals surface area contributed by atoms with Crippen molar-refractivity contribution in [1.29, 1.82) is 0 Å². The van der Waals surface area contributed by atoms with E-state index in [1.165, 1.54) is 6.07 Å². The fourth-order valence-electron chi connectivity index (χ4n) is 3.49. The molecule has 25 heavy (non-hydrogen) atoms. The lowest BCUT2D eigenvalue weighted by atomic mass is 10.1. The Morgan fingerprint density at radius 3 is 3.20 bits per heavy atom. The van der Waals surface area contributed by atoms with E-state index in [2.05, 4.69) is 15.3 Å². The number of amides is 1. The van der Waals surface area contributed by atoms with Crippen LogP contribution >= 0.6 is 11.6 Å². The zero-order valence-electron chi connectivity index (χ0n) is 13.5. The molecule has 0 fully saturated rings. The zero-order valence-corrected chi connectivity index (χ0v) is 14.2. The number of carbonyl (C=O) groups excluding carboxylic acids is 1. The summed E-state index contributed by atoms with van der Waals surface area (Å²) in [6.45, 7) is 0.513. The van der Waals surface area contributed by atoms with Crippen molar-refractivity contribution in [3.8, 4) is 0 Å². The molecule has 0 saturated heterocycles. The number of benzene rings is 1. The maximum Gasteiger partial charge on any atom is 0.229 e. The number of hydrogen-bond acceptors (Lipinski definition) is 2. The summed E-state index contributed by atoms with van der Waals surface area (Å²) in [5.41, 5.74) is 3.77. The third-order valence-electron chi connectivity index (χ3n) is 4.78. The van der Waals surface area contributed by atoms with E-state index in [4.69, 9.17) is 11.6 Å². The molecular weight excluding hydrogens is 341 g/mol. The van der Waals surface area contributed by atoms with Crippen molar-refractivity contribution < 1.29 is 9.18 Å². The van der Waals surface area contributed by atoms with Crippen molar-refractivity contribution in [3.05, 3.63) is 64.3 Å². The Bertz CT molecular complexity index is 953. The quantitative estimate of drug-likeness (QED) is 0.747. The maximum absolute atomic E-state index is 13.5. The fraction of sp³-hybridized carbons (Fsp3) is 0.263. The van der Waals surface area contributed by atoms with Crippen LogP contribution in [0, 0.1) is 5.82 Å². The summed E-state index contributed by atoms with van der Waals surface area (Å²) in [6, 6.07) is 6.95. The Hall–Kier alpha value is -2.40. The number of aryl methyl sites for hydroxylation is 1. The van der Waals surface area contributed by atoms with Crippen LogP contribution in [0.15, 0.2) is 36.7 Å². The van der Waals surface area contributed by atoms with Gasteiger partial charge in [-0.3, -0.25) is 9.78 Å². The summed E-state index contributed by atoms with van der Waals surface area (Å²) in [6.07, 6.45) is 5.92. The Morgan fingerprint density at radius 1 is 1.44 bits per heavy atom. The number of fused-ring (bicyclic) bond motifs is 2. The lowest BCUT2D eigenvalue weighted by Crippen LogP contribution is -2.30. The van der Waals surface area contributed by atoms with Crippen molar-refractivity contribution in [2.24, 2.45) is 0 Å². The third-order valence-corrected chi connectivity index (χ3v) is 5.07. The van der Waals surface area contributed by atoms with E-state index in [1.807, 2.05) is 18.3 Å². The van der Waals surface area contributed by atoms with Gasteiger partial charge in [0.05, 0.1) is 16.6 Å². The first-order chi connectivity index (χ1) is 12.1. The van der Waals surface area contributed by atoms with Gasteiger partial charge in [0.25, 0.3) is 0 Å². The van der Waals surface area contributed by atoms with E-state index in [9.17, 15) is 9.18 Å². The van der Waals surface area contributed by atoms with E-state index in [0.717, 1.165) is 35.0 Å². The van der Waals surface area contributed by atoms with E-state index in [-0.39, 0.29) is 16.8 Å². The molecule has 1 amide bonds. The highest BCUT2D eigenvalue weighted by atomic mass is 35.5. The van der Waals surface area contributed by atoms with E-state index in [1.54, 1.807) is 12.3 Å². The molecule has 0 bridgehead atoms. The number of aromatic amines is 1. The van der Waals surface area contributed by atoms with Gasteiger partial charge in [0.15, 0.2) is 0 Å². The summed E-state index contributed by atoms with van der Waals surface area (Å²) < 4.78 is 13.5. The van der Waals surface area contributed by atoms with Gasteiger partial charge in [0.1, 0.15) is 5.82 Å². The highest BCUT2D eigenvalue weighted by molar-refractivity contribution is 6.31. The van der Waals surface area contributed by atoms with Crippen molar-refractivity contribution in [2.75, 3.05) is 6.54 Å². The molecule has 0 radical (unpaired) electrons. The van der Waals surface area contributed by atoms with E-state index < -0.39 is 5.82 Å². The lowest BCUT2D eigenvalue weighted by Gasteiger charge is -2.11. The first-order valence-electron chi connectivity index (χ1n) is 8.30. The molecule has 4 nitrogen and oxygen atoms in total. The molecule has 1 aliphatic rings. The van der Waals surface area contributed by atoms with Gasteiger partial charge < -0.3 is 10.3 Å². The van der Waals surface area contributed by atoms with Crippen molar-refractivity contribution in [3.63, 3.8) is 0 Å². The van der Waals surface area contributed by atoms with Crippen LogP contribution in [0.1, 0.15) is 29.2 Å². The molecule has 3 aromatic rings. The number of hydrogen-bond donors (Lipinski definition) is 2. The molecule has 1 unspecified atom stereocenters. The van der Waals surface area contributed by atoms with Gasteiger partial charge in [0.2, 0.25) is 5.91 Å². The fourth-order valence-corrected chi connectivity index (χ4v) is 3.66. The summed E-state index contributed by atoms with van der Waals surface area (Å²) >= 11 is 5.87. The van der Waals surface area contributed by atoms with Crippen molar-refractivity contribution >= 4 is 28.4 Å². The number of nitrogens with one attached hydrogen (secondary N) is 2. The molecule has 2 heterocycles. The minimum atomic E-state index is -0.441. The van der Waals surface area contributed by atoms with Gasteiger partial charge in [-0.05, 0) is 48.6 Å². The van der Waals surface area contributed by atoms with Gasteiger partial charge in [-0.2, -0.15) is 0 Å². The number of nitrogens with zero attached hydrogens (tertiary/aromatic N) is 1. The molecule has 4 rings (SSSR count). The smallest absolute Gasteiger partial charge is 0.229 e. The number of pyridine rings is 1. The summed E-state index contributed by atoms with van der Waals surface area (Å²) in [4.78, 5) is 19.9. The van der Waals surface area contributed by atoms with Crippen LogP contribution in [-0.2, 0) is 17.6 Å². The number of halogens is 2. The Morgan fingerprint density at radius 2 is 2.32 bits per heavy atom. The van der Waals surface area contributed by atoms with Crippen molar-refractivity contribution in [2.45, 2.75) is 25.2 Å². The molecule has 0 spiro atoms. The van der Waals surface area contributed by atoms with Crippen LogP contribution in [0.5, 0.6) is 0 Å². The average molecular weight is 358 g/mol. The summed E-state index contributed by atoms with van der Waals surface area (Å²) in [5.74, 6) is -0.590.